The number of rotatable bonds is 6. The molecular weight excluding hydrogens is 320 g/mol. The molecule has 0 N–H and O–H groups in total. The Morgan fingerprint density at radius 3 is 2.32 bits per heavy atom. The molecule has 1 aromatic carbocycles. The molecule has 3 amide bonds. The fourth-order valence-electron chi connectivity index (χ4n) is 3.18. The van der Waals surface area contributed by atoms with Gasteiger partial charge in [-0.05, 0) is 51.5 Å². The van der Waals surface area contributed by atoms with Crippen LogP contribution in [0.3, 0.4) is 0 Å². The van der Waals surface area contributed by atoms with Crippen LogP contribution in [-0.2, 0) is 14.4 Å². The third-order valence-electron chi connectivity index (χ3n) is 4.70. The van der Waals surface area contributed by atoms with Crippen molar-refractivity contribution in [1.29, 1.82) is 0 Å². The first-order chi connectivity index (χ1) is 11.7. The minimum Gasteiger partial charge on any atom is -0.494 e. The van der Waals surface area contributed by atoms with E-state index in [4.69, 9.17) is 4.74 Å². The van der Waals surface area contributed by atoms with Crippen LogP contribution in [0.5, 0.6) is 5.75 Å². The summed E-state index contributed by atoms with van der Waals surface area (Å²) in [4.78, 5) is 40.3. The van der Waals surface area contributed by atoms with E-state index in [1.165, 1.54) is 11.8 Å². The highest BCUT2D eigenvalue weighted by atomic mass is 16.5. The highest BCUT2D eigenvalue weighted by Gasteiger charge is 2.47. The summed E-state index contributed by atoms with van der Waals surface area (Å²) in [7, 11) is 0. The highest BCUT2D eigenvalue weighted by molar-refractivity contribution is 6.23. The van der Waals surface area contributed by atoms with E-state index in [9.17, 15) is 14.4 Å². The second-order valence-electron chi connectivity index (χ2n) is 6.77. The minimum atomic E-state index is -0.758. The van der Waals surface area contributed by atoms with E-state index in [0.29, 0.717) is 24.5 Å². The lowest BCUT2D eigenvalue weighted by Crippen LogP contribution is -2.54. The zero-order chi connectivity index (χ0) is 18.8. The number of hydrogen-bond donors (Lipinski definition) is 0. The van der Waals surface area contributed by atoms with Crippen LogP contribution in [-0.4, -0.2) is 40.8 Å². The summed E-state index contributed by atoms with van der Waals surface area (Å²) in [5.74, 6) is -0.172. The van der Waals surface area contributed by atoms with Gasteiger partial charge in [-0.2, -0.15) is 0 Å². The molecule has 1 aliphatic rings. The lowest BCUT2D eigenvalue weighted by Gasteiger charge is -2.40. The largest absolute Gasteiger partial charge is 0.494 e. The van der Waals surface area contributed by atoms with Gasteiger partial charge in [-0.1, -0.05) is 6.92 Å². The first-order valence-electron chi connectivity index (χ1n) is 8.62. The second-order valence-corrected chi connectivity index (χ2v) is 6.77. The van der Waals surface area contributed by atoms with Crippen LogP contribution >= 0.6 is 0 Å². The van der Waals surface area contributed by atoms with Gasteiger partial charge < -0.3 is 9.64 Å². The Labute approximate surface area is 148 Å². The Morgan fingerprint density at radius 1 is 1.24 bits per heavy atom. The number of carbonyl (C=O) groups is 3. The van der Waals surface area contributed by atoms with E-state index >= 15 is 0 Å². The Bertz CT molecular complexity index is 667. The molecule has 0 bridgehead atoms. The fraction of sp³-hybridized carbons (Fsp3) is 0.526. The van der Waals surface area contributed by atoms with Crippen LogP contribution < -0.4 is 9.64 Å². The molecule has 25 heavy (non-hydrogen) atoms. The molecule has 1 saturated heterocycles. The molecular formula is C19H26N2O4. The Kier molecular flexibility index (Phi) is 5.50. The van der Waals surface area contributed by atoms with Crippen LogP contribution in [0.15, 0.2) is 24.3 Å². The molecule has 0 saturated carbocycles. The van der Waals surface area contributed by atoms with Crippen molar-refractivity contribution in [2.24, 2.45) is 0 Å². The Balaban J connectivity index is 2.31. The lowest BCUT2D eigenvalue weighted by molar-refractivity contribution is -0.142. The maximum atomic E-state index is 12.9. The van der Waals surface area contributed by atoms with Crippen molar-refractivity contribution in [2.75, 3.05) is 11.5 Å². The van der Waals surface area contributed by atoms with Gasteiger partial charge in [0.25, 0.3) is 5.91 Å². The van der Waals surface area contributed by atoms with Crippen molar-refractivity contribution in [2.45, 2.75) is 59.0 Å². The standard InChI is InChI=1S/C19H26N2O4/c1-6-19(4,5)21(13(3)22)16-12-17(23)20(18(16)24)14-8-10-15(11-9-14)25-7-2/h8-11,16H,6-7,12H2,1-5H3. The number of anilines is 1. The third-order valence-corrected chi connectivity index (χ3v) is 4.70. The number of carbonyl (C=O) groups excluding carboxylic acids is 3. The number of nitrogens with zero attached hydrogens (tertiary/aromatic N) is 2. The third kappa shape index (κ3) is 3.67. The maximum Gasteiger partial charge on any atom is 0.257 e. The Morgan fingerprint density at radius 2 is 1.84 bits per heavy atom. The zero-order valence-electron chi connectivity index (χ0n) is 15.5. The van der Waals surface area contributed by atoms with Crippen molar-refractivity contribution in [3.05, 3.63) is 24.3 Å². The quantitative estimate of drug-likeness (QED) is 0.743. The number of benzene rings is 1. The first kappa shape index (κ1) is 19.0. The molecule has 0 aromatic heterocycles. The maximum absolute atomic E-state index is 12.9. The van der Waals surface area contributed by atoms with E-state index in [-0.39, 0.29) is 24.1 Å². The number of hydrogen-bond acceptors (Lipinski definition) is 4. The van der Waals surface area contributed by atoms with Gasteiger partial charge >= 0.3 is 0 Å². The summed E-state index contributed by atoms with van der Waals surface area (Å²) < 4.78 is 5.39. The van der Waals surface area contributed by atoms with Crippen molar-refractivity contribution in [3.8, 4) is 5.75 Å². The zero-order valence-corrected chi connectivity index (χ0v) is 15.5. The number of imide groups is 1. The molecule has 1 aromatic rings. The van der Waals surface area contributed by atoms with Crippen LogP contribution in [0.4, 0.5) is 5.69 Å². The predicted molar refractivity (Wildman–Crippen MR) is 95.4 cm³/mol. The topological polar surface area (TPSA) is 66.9 Å². The van der Waals surface area contributed by atoms with E-state index in [1.54, 1.807) is 29.2 Å². The van der Waals surface area contributed by atoms with Gasteiger partial charge in [-0.15, -0.1) is 0 Å². The molecule has 0 radical (unpaired) electrons. The van der Waals surface area contributed by atoms with E-state index in [2.05, 4.69) is 0 Å². The average molecular weight is 346 g/mol. The molecule has 2 rings (SSSR count). The van der Waals surface area contributed by atoms with Gasteiger partial charge in [0.15, 0.2) is 0 Å². The van der Waals surface area contributed by atoms with Crippen LogP contribution in [0.1, 0.15) is 47.5 Å². The second kappa shape index (κ2) is 7.25. The molecule has 0 spiro atoms. The Hall–Kier alpha value is -2.37. The van der Waals surface area contributed by atoms with Gasteiger partial charge in [-0.3, -0.25) is 14.4 Å². The number of ether oxygens (including phenoxy) is 1. The molecule has 6 heteroatoms. The van der Waals surface area contributed by atoms with E-state index in [0.717, 1.165) is 0 Å². The SMILES string of the molecule is CCOc1ccc(N2C(=O)CC(N(C(C)=O)C(C)(C)CC)C2=O)cc1. The molecule has 0 aliphatic carbocycles. The fourth-order valence-corrected chi connectivity index (χ4v) is 3.18. The van der Waals surface area contributed by atoms with Crippen molar-refractivity contribution < 1.29 is 19.1 Å². The smallest absolute Gasteiger partial charge is 0.257 e. The first-order valence-corrected chi connectivity index (χ1v) is 8.62. The van der Waals surface area contributed by atoms with Crippen molar-refractivity contribution in [3.63, 3.8) is 0 Å². The lowest BCUT2D eigenvalue weighted by atomic mass is 9.96. The average Bonchev–Trinajstić information content (AvgIpc) is 2.83. The molecule has 1 aliphatic heterocycles. The van der Waals surface area contributed by atoms with Gasteiger partial charge in [0.2, 0.25) is 11.8 Å². The normalized spacial score (nSPS) is 17.8. The molecule has 1 atom stereocenters. The minimum absolute atomic E-state index is 0.00898. The molecule has 136 valence electrons. The summed E-state index contributed by atoms with van der Waals surface area (Å²) in [5.41, 5.74) is 0.000115. The van der Waals surface area contributed by atoms with E-state index < -0.39 is 11.6 Å². The van der Waals surface area contributed by atoms with Crippen molar-refractivity contribution >= 4 is 23.4 Å². The van der Waals surface area contributed by atoms with Gasteiger partial charge in [-0.25, -0.2) is 4.90 Å². The molecule has 6 nitrogen and oxygen atoms in total. The van der Waals surface area contributed by atoms with E-state index in [1.807, 2.05) is 27.7 Å². The monoisotopic (exact) mass is 346 g/mol. The summed E-state index contributed by atoms with van der Waals surface area (Å²) in [6.45, 7) is 9.65. The molecule has 1 fully saturated rings. The highest BCUT2D eigenvalue weighted by Crippen LogP contribution is 2.31. The molecule has 1 heterocycles. The summed E-state index contributed by atoms with van der Waals surface area (Å²) in [5, 5.41) is 0. The molecule has 1 unspecified atom stereocenters. The number of amides is 3. The van der Waals surface area contributed by atoms with Crippen molar-refractivity contribution in [1.82, 2.24) is 4.90 Å². The van der Waals surface area contributed by atoms with Gasteiger partial charge in [0, 0.05) is 12.5 Å². The van der Waals surface area contributed by atoms with Crippen LogP contribution in [0.2, 0.25) is 0 Å². The van der Waals surface area contributed by atoms with Crippen LogP contribution in [0.25, 0.3) is 0 Å². The summed E-state index contributed by atoms with van der Waals surface area (Å²) in [6, 6.07) is 6.07. The van der Waals surface area contributed by atoms with Crippen LogP contribution in [0, 0.1) is 0 Å². The van der Waals surface area contributed by atoms with Gasteiger partial charge in [0.05, 0.1) is 18.7 Å². The predicted octanol–water partition coefficient (Wildman–Crippen LogP) is 2.75. The summed E-state index contributed by atoms with van der Waals surface area (Å²) in [6.07, 6.45) is 0.697. The van der Waals surface area contributed by atoms with Gasteiger partial charge in [0.1, 0.15) is 11.8 Å². The summed E-state index contributed by atoms with van der Waals surface area (Å²) >= 11 is 0.